The van der Waals surface area contributed by atoms with Gasteiger partial charge in [-0.05, 0) is 73.3 Å². The minimum absolute atomic E-state index is 0.0663. The van der Waals surface area contributed by atoms with Gasteiger partial charge in [0, 0.05) is 35.9 Å². The normalized spacial score (nSPS) is 14.4. The monoisotopic (exact) mass is 467 g/mol. The van der Waals surface area contributed by atoms with Crippen LogP contribution in [0.4, 0.5) is 5.69 Å². The molecular weight excluding hydrogens is 430 g/mol. The van der Waals surface area contributed by atoms with Crippen LogP contribution in [0.25, 0.3) is 16.6 Å². The van der Waals surface area contributed by atoms with Crippen molar-refractivity contribution in [2.45, 2.75) is 52.5 Å². The topological polar surface area (TPSA) is 37.3 Å². The highest BCUT2D eigenvalue weighted by atomic mass is 16.1. The van der Waals surface area contributed by atoms with Crippen LogP contribution in [0.1, 0.15) is 57.1 Å². The zero-order valence-corrected chi connectivity index (χ0v) is 21.2. The maximum absolute atomic E-state index is 11.8. The van der Waals surface area contributed by atoms with Gasteiger partial charge < -0.3 is 9.88 Å². The summed E-state index contributed by atoms with van der Waals surface area (Å²) in [5.74, 6) is 0.613. The molecule has 2 heterocycles. The smallest absolute Gasteiger partial charge is 0.224 e. The minimum atomic E-state index is 0.0663. The highest BCUT2D eigenvalue weighted by Gasteiger charge is 2.22. The van der Waals surface area contributed by atoms with Gasteiger partial charge >= 0.3 is 0 Å². The molecular formula is C31H37N3O. The van der Waals surface area contributed by atoms with Crippen LogP contribution in [0.15, 0.2) is 85.1 Å². The van der Waals surface area contributed by atoms with Crippen LogP contribution >= 0.6 is 0 Å². The Labute approximate surface area is 209 Å². The van der Waals surface area contributed by atoms with E-state index in [1.54, 1.807) is 0 Å². The molecule has 5 rings (SSSR count). The first kappa shape index (κ1) is 24.7. The number of amides is 1. The van der Waals surface area contributed by atoms with Gasteiger partial charge in [0.25, 0.3) is 0 Å². The lowest BCUT2D eigenvalue weighted by molar-refractivity contribution is -0.115. The number of anilines is 1. The maximum atomic E-state index is 11.8. The fraction of sp³-hybridized carbons (Fsp3) is 0.323. The van der Waals surface area contributed by atoms with Crippen molar-refractivity contribution in [2.24, 2.45) is 0 Å². The molecule has 0 spiro atoms. The first-order valence-corrected chi connectivity index (χ1v) is 13.0. The van der Waals surface area contributed by atoms with Crippen LogP contribution in [-0.2, 0) is 11.3 Å². The van der Waals surface area contributed by atoms with Gasteiger partial charge in [0.15, 0.2) is 0 Å². The largest absolute Gasteiger partial charge is 0.326 e. The van der Waals surface area contributed by atoms with Crippen molar-refractivity contribution in [1.29, 1.82) is 0 Å². The van der Waals surface area contributed by atoms with Gasteiger partial charge in [0.05, 0.1) is 5.52 Å². The number of nitrogens with one attached hydrogen (secondary N) is 1. The fourth-order valence-corrected chi connectivity index (χ4v) is 4.96. The van der Waals surface area contributed by atoms with Crippen molar-refractivity contribution in [3.05, 3.63) is 96.2 Å². The van der Waals surface area contributed by atoms with E-state index in [-0.39, 0.29) is 5.91 Å². The third kappa shape index (κ3) is 5.83. The van der Waals surface area contributed by atoms with E-state index in [0.717, 1.165) is 38.2 Å². The summed E-state index contributed by atoms with van der Waals surface area (Å²) >= 11 is 0. The van der Waals surface area contributed by atoms with Crippen molar-refractivity contribution in [3.63, 3.8) is 0 Å². The molecule has 1 saturated heterocycles. The Bertz CT molecular complexity index is 1240. The van der Waals surface area contributed by atoms with Gasteiger partial charge in [-0.2, -0.15) is 0 Å². The molecule has 0 radical (unpaired) electrons. The fourth-order valence-electron chi connectivity index (χ4n) is 4.96. The van der Waals surface area contributed by atoms with Crippen molar-refractivity contribution >= 4 is 22.5 Å². The summed E-state index contributed by atoms with van der Waals surface area (Å²) in [6, 6.07) is 27.7. The summed E-state index contributed by atoms with van der Waals surface area (Å²) in [6.45, 7) is 9.02. The minimum Gasteiger partial charge on any atom is -0.326 e. The van der Waals surface area contributed by atoms with Crippen LogP contribution in [-0.4, -0.2) is 28.5 Å². The van der Waals surface area contributed by atoms with E-state index in [1.807, 2.05) is 26.8 Å². The molecule has 1 aliphatic heterocycles. The Morgan fingerprint density at radius 1 is 0.914 bits per heavy atom. The number of para-hydroxylation sites is 2. The van der Waals surface area contributed by atoms with Gasteiger partial charge in [0.2, 0.25) is 5.91 Å². The first-order chi connectivity index (χ1) is 17.2. The van der Waals surface area contributed by atoms with Crippen LogP contribution in [0.3, 0.4) is 0 Å². The molecule has 0 atom stereocenters. The molecule has 1 N–H and O–H groups in total. The number of rotatable bonds is 6. The number of carbonyl (C=O) groups excluding carboxylic acids is 1. The van der Waals surface area contributed by atoms with Gasteiger partial charge in [-0.15, -0.1) is 0 Å². The van der Waals surface area contributed by atoms with Gasteiger partial charge in [-0.25, -0.2) is 0 Å². The predicted octanol–water partition coefficient (Wildman–Crippen LogP) is 7.38. The average Bonchev–Trinajstić information content (AvgIpc) is 3.29. The third-order valence-corrected chi connectivity index (χ3v) is 6.77. The number of aromatic nitrogens is 1. The third-order valence-electron chi connectivity index (χ3n) is 6.77. The lowest BCUT2D eigenvalue weighted by Crippen LogP contribution is -2.32. The van der Waals surface area contributed by atoms with Crippen molar-refractivity contribution in [1.82, 2.24) is 9.47 Å². The Kier molecular flexibility index (Phi) is 8.38. The van der Waals surface area contributed by atoms with Gasteiger partial charge in [-0.1, -0.05) is 69.3 Å². The second-order valence-corrected chi connectivity index (χ2v) is 8.95. The Hall–Kier alpha value is -3.37. The summed E-state index contributed by atoms with van der Waals surface area (Å²) in [6.07, 6.45) is 5.10. The number of fused-ring (bicyclic) bond motifs is 1. The van der Waals surface area contributed by atoms with Gasteiger partial charge in [0.1, 0.15) is 0 Å². The first-order valence-electron chi connectivity index (χ1n) is 13.0. The zero-order chi connectivity index (χ0) is 24.6. The molecule has 1 amide bonds. The second-order valence-electron chi connectivity index (χ2n) is 8.95. The summed E-state index contributed by atoms with van der Waals surface area (Å²) in [5.41, 5.74) is 6.10. The SMILES string of the molecule is CC.CCC(=O)Nc1cccc(C2CCN(Cc3cn(-c4ccccc4)c4ccccc34)CC2)c1. The van der Waals surface area contributed by atoms with E-state index in [1.165, 1.54) is 27.7 Å². The molecule has 4 nitrogen and oxygen atoms in total. The van der Waals surface area contributed by atoms with Crippen LogP contribution < -0.4 is 5.32 Å². The van der Waals surface area contributed by atoms with E-state index in [4.69, 9.17) is 0 Å². The van der Waals surface area contributed by atoms with Crippen LogP contribution in [0.2, 0.25) is 0 Å². The van der Waals surface area contributed by atoms with E-state index in [9.17, 15) is 4.79 Å². The van der Waals surface area contributed by atoms with E-state index < -0.39 is 0 Å². The number of benzene rings is 3. The zero-order valence-electron chi connectivity index (χ0n) is 21.2. The highest BCUT2D eigenvalue weighted by Crippen LogP contribution is 2.32. The molecule has 1 aliphatic rings. The number of likely N-dealkylation sites (tertiary alicyclic amines) is 1. The molecule has 182 valence electrons. The van der Waals surface area contributed by atoms with Crippen molar-refractivity contribution < 1.29 is 4.79 Å². The van der Waals surface area contributed by atoms with E-state index in [2.05, 4.69) is 93.8 Å². The van der Waals surface area contributed by atoms with Crippen LogP contribution in [0, 0.1) is 0 Å². The van der Waals surface area contributed by atoms with Crippen molar-refractivity contribution in [3.8, 4) is 5.69 Å². The number of nitrogens with zero attached hydrogens (tertiary/aromatic N) is 2. The van der Waals surface area contributed by atoms with E-state index in [0.29, 0.717) is 12.3 Å². The Morgan fingerprint density at radius 3 is 2.37 bits per heavy atom. The molecule has 0 aliphatic carbocycles. The van der Waals surface area contributed by atoms with Crippen molar-refractivity contribution in [2.75, 3.05) is 18.4 Å². The van der Waals surface area contributed by atoms with Crippen LogP contribution in [0.5, 0.6) is 0 Å². The Balaban J connectivity index is 0.00000141. The number of carbonyl (C=O) groups is 1. The highest BCUT2D eigenvalue weighted by molar-refractivity contribution is 5.90. The number of hydrogen-bond donors (Lipinski definition) is 1. The molecule has 0 saturated carbocycles. The average molecular weight is 468 g/mol. The van der Waals surface area contributed by atoms with E-state index >= 15 is 0 Å². The lowest BCUT2D eigenvalue weighted by atomic mass is 9.89. The molecule has 35 heavy (non-hydrogen) atoms. The maximum Gasteiger partial charge on any atom is 0.224 e. The molecule has 4 aromatic rings. The molecule has 1 aromatic heterocycles. The molecule has 3 aromatic carbocycles. The molecule has 0 bridgehead atoms. The molecule has 1 fully saturated rings. The quantitative estimate of drug-likeness (QED) is 0.321. The van der Waals surface area contributed by atoms with Gasteiger partial charge in [-0.3, -0.25) is 9.69 Å². The summed E-state index contributed by atoms with van der Waals surface area (Å²) in [5, 5.41) is 4.33. The number of hydrogen-bond acceptors (Lipinski definition) is 2. The Morgan fingerprint density at radius 2 is 1.63 bits per heavy atom. The summed E-state index contributed by atoms with van der Waals surface area (Å²) < 4.78 is 2.31. The summed E-state index contributed by atoms with van der Waals surface area (Å²) in [7, 11) is 0. The standard InChI is InChI=1S/C29H31N3O.C2H6/c1-2-29(33)30-25-10-8-9-23(19-25)22-15-17-31(18-16-22)20-24-21-32(26-11-4-3-5-12-26)28-14-7-6-13-27(24)28;1-2/h3-14,19,21-22H,2,15-18,20H2,1H3,(H,30,33);1-2H3. The summed E-state index contributed by atoms with van der Waals surface area (Å²) in [4.78, 5) is 14.3. The predicted molar refractivity (Wildman–Crippen MR) is 147 cm³/mol. The lowest BCUT2D eigenvalue weighted by Gasteiger charge is -2.32. The second kappa shape index (κ2) is 11.9. The molecule has 0 unspecified atom stereocenters. The molecule has 4 heteroatoms. The number of piperidine rings is 1.